The van der Waals surface area contributed by atoms with E-state index in [1.54, 1.807) is 7.11 Å². The minimum atomic E-state index is -0.310. The topological polar surface area (TPSA) is 78.3 Å². The molecule has 0 fully saturated rings. The zero-order valence-electron chi connectivity index (χ0n) is 16.9. The zero-order chi connectivity index (χ0) is 20.8. The Morgan fingerprint density at radius 1 is 1.17 bits per heavy atom. The lowest BCUT2D eigenvalue weighted by atomic mass is 10.2. The van der Waals surface area contributed by atoms with Crippen LogP contribution in [-0.2, 0) is 11.8 Å². The number of methoxy groups -OCH3 is 1. The maximum absolute atomic E-state index is 12.2. The van der Waals surface area contributed by atoms with Crippen LogP contribution in [0.5, 0.6) is 11.5 Å². The molecule has 29 heavy (non-hydrogen) atoms. The third-order valence-electron chi connectivity index (χ3n) is 4.22. The number of nitrogens with one attached hydrogen (secondary N) is 1. The maximum Gasteiger partial charge on any atom is 0.234 e. The van der Waals surface area contributed by atoms with E-state index in [-0.39, 0.29) is 17.8 Å². The van der Waals surface area contributed by atoms with Crippen LogP contribution < -0.4 is 14.8 Å². The van der Waals surface area contributed by atoms with Gasteiger partial charge in [0.15, 0.2) is 17.1 Å². The SMILES string of the molecule is COc1cccc(OC(C)c2nnc(SCC(=O)Nc3cccc(C)c3)n2C)c1. The molecule has 1 heterocycles. The Kier molecular flexibility index (Phi) is 6.77. The zero-order valence-corrected chi connectivity index (χ0v) is 17.7. The van der Waals surface area contributed by atoms with E-state index >= 15 is 0 Å². The van der Waals surface area contributed by atoms with E-state index in [0.717, 1.165) is 17.0 Å². The van der Waals surface area contributed by atoms with Gasteiger partial charge in [-0.15, -0.1) is 10.2 Å². The summed E-state index contributed by atoms with van der Waals surface area (Å²) in [4.78, 5) is 12.2. The van der Waals surface area contributed by atoms with Crippen LogP contribution in [-0.4, -0.2) is 33.5 Å². The number of aromatic nitrogens is 3. The molecule has 0 spiro atoms. The first-order valence-corrected chi connectivity index (χ1v) is 10.1. The summed E-state index contributed by atoms with van der Waals surface area (Å²) in [5.74, 6) is 2.24. The van der Waals surface area contributed by atoms with E-state index in [4.69, 9.17) is 9.47 Å². The van der Waals surface area contributed by atoms with Gasteiger partial charge in [-0.3, -0.25) is 4.79 Å². The number of hydrogen-bond acceptors (Lipinski definition) is 6. The lowest BCUT2D eigenvalue weighted by molar-refractivity contribution is -0.113. The first kappa shape index (κ1) is 20.7. The van der Waals surface area contributed by atoms with Crippen LogP contribution in [0.4, 0.5) is 5.69 Å². The van der Waals surface area contributed by atoms with E-state index in [1.165, 1.54) is 11.8 Å². The van der Waals surface area contributed by atoms with Gasteiger partial charge in [0, 0.05) is 18.8 Å². The Hall–Kier alpha value is -3.00. The monoisotopic (exact) mass is 412 g/mol. The fourth-order valence-electron chi connectivity index (χ4n) is 2.79. The normalized spacial score (nSPS) is 11.7. The molecular weight excluding hydrogens is 388 g/mol. The highest BCUT2D eigenvalue weighted by Gasteiger charge is 2.18. The first-order chi connectivity index (χ1) is 14.0. The summed E-state index contributed by atoms with van der Waals surface area (Å²) in [6, 6.07) is 15.1. The van der Waals surface area contributed by atoms with Gasteiger partial charge in [0.1, 0.15) is 11.5 Å². The molecule has 0 radical (unpaired) electrons. The van der Waals surface area contributed by atoms with Crippen LogP contribution in [0.25, 0.3) is 0 Å². The van der Waals surface area contributed by atoms with Crippen LogP contribution >= 0.6 is 11.8 Å². The summed E-state index contributed by atoms with van der Waals surface area (Å²) >= 11 is 1.33. The van der Waals surface area contributed by atoms with Crippen molar-refractivity contribution >= 4 is 23.4 Å². The highest BCUT2D eigenvalue weighted by Crippen LogP contribution is 2.26. The molecule has 8 heteroatoms. The van der Waals surface area contributed by atoms with Crippen molar-refractivity contribution in [2.24, 2.45) is 7.05 Å². The Bertz CT molecular complexity index is 990. The van der Waals surface area contributed by atoms with Gasteiger partial charge < -0.3 is 19.4 Å². The van der Waals surface area contributed by atoms with E-state index in [2.05, 4.69) is 15.5 Å². The van der Waals surface area contributed by atoms with Gasteiger partial charge in [0.2, 0.25) is 5.91 Å². The van der Waals surface area contributed by atoms with E-state index in [9.17, 15) is 4.79 Å². The molecule has 1 amide bonds. The van der Waals surface area contributed by atoms with E-state index in [1.807, 2.05) is 74.0 Å². The maximum atomic E-state index is 12.2. The lowest BCUT2D eigenvalue weighted by Crippen LogP contribution is -2.15. The minimum Gasteiger partial charge on any atom is -0.497 e. The van der Waals surface area contributed by atoms with Gasteiger partial charge in [-0.1, -0.05) is 30.0 Å². The number of rotatable bonds is 8. The van der Waals surface area contributed by atoms with Crippen molar-refractivity contribution in [3.05, 3.63) is 59.9 Å². The van der Waals surface area contributed by atoms with Gasteiger partial charge in [-0.05, 0) is 43.7 Å². The second-order valence-corrected chi connectivity index (χ2v) is 7.49. The summed E-state index contributed by atoms with van der Waals surface area (Å²) in [6.45, 7) is 3.89. The Balaban J connectivity index is 1.59. The predicted molar refractivity (Wildman–Crippen MR) is 114 cm³/mol. The summed E-state index contributed by atoms with van der Waals surface area (Å²) in [6.07, 6.45) is -0.310. The van der Waals surface area contributed by atoms with E-state index in [0.29, 0.717) is 16.7 Å². The molecular formula is C21H24N4O3S. The third-order valence-corrected chi connectivity index (χ3v) is 5.24. The molecule has 0 saturated heterocycles. The quantitative estimate of drug-likeness (QED) is 0.564. The second-order valence-electron chi connectivity index (χ2n) is 6.55. The fraction of sp³-hybridized carbons (Fsp3) is 0.286. The van der Waals surface area contributed by atoms with Crippen molar-refractivity contribution in [3.8, 4) is 11.5 Å². The number of amides is 1. The summed E-state index contributed by atoms with van der Waals surface area (Å²) in [5.41, 5.74) is 1.88. The highest BCUT2D eigenvalue weighted by atomic mass is 32.2. The Morgan fingerprint density at radius 3 is 2.69 bits per heavy atom. The van der Waals surface area contributed by atoms with Gasteiger partial charge >= 0.3 is 0 Å². The van der Waals surface area contributed by atoms with Gasteiger partial charge in [-0.2, -0.15) is 0 Å². The third kappa shape index (κ3) is 5.51. The van der Waals surface area contributed by atoms with Crippen LogP contribution in [0.15, 0.2) is 53.7 Å². The Labute approximate surface area is 174 Å². The predicted octanol–water partition coefficient (Wildman–Crippen LogP) is 4.00. The molecule has 1 unspecified atom stereocenters. The molecule has 1 atom stereocenters. The number of carbonyl (C=O) groups is 1. The van der Waals surface area contributed by atoms with Crippen LogP contribution in [0, 0.1) is 6.92 Å². The second kappa shape index (κ2) is 9.47. The number of benzene rings is 2. The molecule has 3 rings (SSSR count). The van der Waals surface area contributed by atoms with E-state index < -0.39 is 0 Å². The number of ether oxygens (including phenoxy) is 2. The fourth-order valence-corrected chi connectivity index (χ4v) is 3.51. The lowest BCUT2D eigenvalue weighted by Gasteiger charge is -2.14. The number of anilines is 1. The molecule has 1 N–H and O–H groups in total. The van der Waals surface area contributed by atoms with Gasteiger partial charge in [0.25, 0.3) is 0 Å². The van der Waals surface area contributed by atoms with Crippen LogP contribution in [0.3, 0.4) is 0 Å². The van der Waals surface area contributed by atoms with Gasteiger partial charge in [0.05, 0.1) is 12.9 Å². The minimum absolute atomic E-state index is 0.0918. The number of hydrogen-bond donors (Lipinski definition) is 1. The molecule has 0 aliphatic carbocycles. The number of aryl methyl sites for hydroxylation is 1. The van der Waals surface area contributed by atoms with Crippen LogP contribution in [0.1, 0.15) is 24.4 Å². The molecule has 3 aromatic rings. The molecule has 1 aromatic heterocycles. The molecule has 152 valence electrons. The molecule has 0 bridgehead atoms. The van der Waals surface area contributed by atoms with Crippen molar-refractivity contribution in [1.29, 1.82) is 0 Å². The van der Waals surface area contributed by atoms with Gasteiger partial charge in [-0.25, -0.2) is 0 Å². The molecule has 0 saturated carbocycles. The van der Waals surface area contributed by atoms with Crippen molar-refractivity contribution < 1.29 is 14.3 Å². The van der Waals surface area contributed by atoms with Crippen molar-refractivity contribution in [1.82, 2.24) is 14.8 Å². The molecule has 0 aliphatic rings. The highest BCUT2D eigenvalue weighted by molar-refractivity contribution is 7.99. The standard InChI is InChI=1S/C21H24N4O3S/c1-14-7-5-8-16(11-14)22-19(26)13-29-21-24-23-20(25(21)3)15(2)28-18-10-6-9-17(12-18)27-4/h5-12,15H,13H2,1-4H3,(H,22,26). The van der Waals surface area contributed by atoms with Crippen molar-refractivity contribution in [3.63, 3.8) is 0 Å². The molecule has 0 aliphatic heterocycles. The average Bonchev–Trinajstić information content (AvgIpc) is 3.07. The summed E-state index contributed by atoms with van der Waals surface area (Å²) in [7, 11) is 3.48. The van der Waals surface area contributed by atoms with Crippen molar-refractivity contribution in [2.45, 2.75) is 25.1 Å². The molecule has 7 nitrogen and oxygen atoms in total. The largest absolute Gasteiger partial charge is 0.497 e. The van der Waals surface area contributed by atoms with Crippen LogP contribution in [0.2, 0.25) is 0 Å². The number of thioether (sulfide) groups is 1. The number of carbonyl (C=O) groups excluding carboxylic acids is 1. The molecule has 2 aromatic carbocycles. The number of nitrogens with zero attached hydrogens (tertiary/aromatic N) is 3. The average molecular weight is 413 g/mol. The smallest absolute Gasteiger partial charge is 0.234 e. The summed E-state index contributed by atoms with van der Waals surface area (Å²) in [5, 5.41) is 12.0. The summed E-state index contributed by atoms with van der Waals surface area (Å²) < 4.78 is 13.0. The first-order valence-electron chi connectivity index (χ1n) is 9.15. The van der Waals surface area contributed by atoms with Crippen molar-refractivity contribution in [2.75, 3.05) is 18.2 Å². The Morgan fingerprint density at radius 2 is 1.93 bits per heavy atom.